The fraction of sp³-hybridized carbons (Fsp3) is 0.667. The van der Waals surface area contributed by atoms with Crippen LogP contribution < -0.4 is 0 Å². The third kappa shape index (κ3) is 6.06. The molecule has 5 nitrogen and oxygen atoms in total. The van der Waals surface area contributed by atoms with E-state index in [0.29, 0.717) is 6.42 Å². The van der Waals surface area contributed by atoms with Crippen LogP contribution in [0, 0.1) is 0 Å². The van der Waals surface area contributed by atoms with E-state index in [2.05, 4.69) is 9.47 Å². The van der Waals surface area contributed by atoms with Crippen LogP contribution >= 0.6 is 0 Å². The Morgan fingerprint density at radius 2 is 1.88 bits per heavy atom. The molecule has 0 bridgehead atoms. The Balaban J connectivity index is 4.62. The van der Waals surface area contributed by atoms with Crippen molar-refractivity contribution in [3.05, 3.63) is 11.6 Å². The number of hydrogen-bond donors (Lipinski definition) is 1. The molecule has 1 atom stereocenters. The SMILES string of the molecule is CCCCCC(O)/C(=C/C(=O)OC)C(=O)OC. The molecule has 98 valence electrons. The van der Waals surface area contributed by atoms with E-state index in [4.69, 9.17) is 0 Å². The standard InChI is InChI=1S/C12H20O5/c1-4-5-6-7-10(13)9(12(15)17-3)8-11(14)16-2/h8,10,13H,4-7H2,1-3H3/b9-8-. The van der Waals surface area contributed by atoms with Crippen molar-refractivity contribution in [3.63, 3.8) is 0 Å². The first kappa shape index (κ1) is 15.6. The minimum atomic E-state index is -0.992. The highest BCUT2D eigenvalue weighted by Gasteiger charge is 2.20. The van der Waals surface area contributed by atoms with Crippen LogP contribution in [0.5, 0.6) is 0 Å². The van der Waals surface area contributed by atoms with Gasteiger partial charge in [-0.1, -0.05) is 26.2 Å². The molecule has 0 aromatic carbocycles. The molecule has 0 aliphatic rings. The van der Waals surface area contributed by atoms with E-state index in [0.717, 1.165) is 25.3 Å². The third-order valence-electron chi connectivity index (χ3n) is 2.34. The minimum Gasteiger partial charge on any atom is -0.466 e. The molecule has 0 aliphatic carbocycles. The first-order valence-electron chi connectivity index (χ1n) is 5.62. The maximum atomic E-state index is 11.4. The number of carbonyl (C=O) groups is 2. The average Bonchev–Trinajstić information content (AvgIpc) is 2.34. The van der Waals surface area contributed by atoms with Gasteiger partial charge in [0.15, 0.2) is 0 Å². The topological polar surface area (TPSA) is 72.8 Å². The lowest BCUT2D eigenvalue weighted by Gasteiger charge is -2.12. The quantitative estimate of drug-likeness (QED) is 0.414. The number of ether oxygens (including phenoxy) is 2. The minimum absolute atomic E-state index is 0.0598. The van der Waals surface area contributed by atoms with E-state index in [1.54, 1.807) is 0 Å². The molecule has 0 spiro atoms. The Morgan fingerprint density at radius 1 is 1.24 bits per heavy atom. The number of aliphatic hydroxyl groups is 1. The van der Waals surface area contributed by atoms with Gasteiger partial charge in [0.2, 0.25) is 0 Å². The van der Waals surface area contributed by atoms with Crippen LogP contribution in [-0.2, 0) is 19.1 Å². The zero-order chi connectivity index (χ0) is 13.3. The lowest BCUT2D eigenvalue weighted by molar-refractivity contribution is -0.139. The molecular formula is C12H20O5. The molecule has 0 amide bonds. The predicted octanol–water partition coefficient (Wildman–Crippen LogP) is 1.20. The number of hydrogen-bond acceptors (Lipinski definition) is 5. The first-order chi connectivity index (χ1) is 8.06. The highest BCUT2D eigenvalue weighted by atomic mass is 16.5. The second-order valence-electron chi connectivity index (χ2n) is 3.63. The maximum Gasteiger partial charge on any atom is 0.336 e. The van der Waals surface area contributed by atoms with Crippen LogP contribution in [0.1, 0.15) is 32.6 Å². The van der Waals surface area contributed by atoms with E-state index in [1.165, 1.54) is 14.2 Å². The van der Waals surface area contributed by atoms with Gasteiger partial charge in [-0.3, -0.25) is 0 Å². The van der Waals surface area contributed by atoms with E-state index in [1.807, 2.05) is 6.92 Å². The van der Waals surface area contributed by atoms with Crippen molar-refractivity contribution < 1.29 is 24.2 Å². The normalized spacial score (nSPS) is 13.1. The van der Waals surface area contributed by atoms with Crippen LogP contribution in [0.2, 0.25) is 0 Å². The summed E-state index contributed by atoms with van der Waals surface area (Å²) in [5.41, 5.74) is -0.0598. The average molecular weight is 244 g/mol. The van der Waals surface area contributed by atoms with Gasteiger partial charge in [0, 0.05) is 6.08 Å². The summed E-state index contributed by atoms with van der Waals surface area (Å²) < 4.78 is 8.93. The summed E-state index contributed by atoms with van der Waals surface area (Å²) in [7, 11) is 2.41. The van der Waals surface area contributed by atoms with Crippen molar-refractivity contribution in [2.24, 2.45) is 0 Å². The molecule has 0 saturated heterocycles. The van der Waals surface area contributed by atoms with E-state index < -0.39 is 18.0 Å². The maximum absolute atomic E-state index is 11.4. The monoisotopic (exact) mass is 244 g/mol. The lowest BCUT2D eigenvalue weighted by Crippen LogP contribution is -2.21. The van der Waals surface area contributed by atoms with Crippen molar-refractivity contribution in [1.82, 2.24) is 0 Å². The molecule has 0 saturated carbocycles. The Kier molecular flexibility index (Phi) is 8.05. The van der Waals surface area contributed by atoms with Crippen LogP contribution in [0.15, 0.2) is 11.6 Å². The van der Waals surface area contributed by atoms with Crippen molar-refractivity contribution in [3.8, 4) is 0 Å². The van der Waals surface area contributed by atoms with Crippen LogP contribution in [0.4, 0.5) is 0 Å². The van der Waals surface area contributed by atoms with Gasteiger partial charge in [0.1, 0.15) is 0 Å². The Labute approximate surface area is 101 Å². The van der Waals surface area contributed by atoms with Crippen molar-refractivity contribution in [2.75, 3.05) is 14.2 Å². The number of carbonyl (C=O) groups excluding carboxylic acids is 2. The number of esters is 2. The van der Waals surface area contributed by atoms with Crippen LogP contribution in [-0.4, -0.2) is 37.4 Å². The fourth-order valence-corrected chi connectivity index (χ4v) is 1.34. The van der Waals surface area contributed by atoms with E-state index in [-0.39, 0.29) is 5.57 Å². The van der Waals surface area contributed by atoms with Crippen molar-refractivity contribution >= 4 is 11.9 Å². The number of rotatable bonds is 7. The molecule has 0 fully saturated rings. The Morgan fingerprint density at radius 3 is 2.35 bits per heavy atom. The molecule has 0 aromatic heterocycles. The number of unbranched alkanes of at least 4 members (excludes halogenated alkanes) is 2. The number of aliphatic hydroxyl groups excluding tert-OH is 1. The molecule has 17 heavy (non-hydrogen) atoms. The summed E-state index contributed by atoms with van der Waals surface area (Å²) in [5.74, 6) is -1.39. The molecule has 0 heterocycles. The molecule has 1 N–H and O–H groups in total. The third-order valence-corrected chi connectivity index (χ3v) is 2.34. The second-order valence-corrected chi connectivity index (χ2v) is 3.63. The summed E-state index contributed by atoms with van der Waals surface area (Å²) in [6, 6.07) is 0. The largest absolute Gasteiger partial charge is 0.466 e. The smallest absolute Gasteiger partial charge is 0.336 e. The van der Waals surface area contributed by atoms with Crippen molar-refractivity contribution in [1.29, 1.82) is 0 Å². The first-order valence-corrected chi connectivity index (χ1v) is 5.62. The van der Waals surface area contributed by atoms with Crippen LogP contribution in [0.3, 0.4) is 0 Å². The molecule has 0 aromatic rings. The van der Waals surface area contributed by atoms with E-state index >= 15 is 0 Å². The number of methoxy groups -OCH3 is 2. The molecule has 0 rings (SSSR count). The van der Waals surface area contributed by atoms with E-state index in [9.17, 15) is 14.7 Å². The summed E-state index contributed by atoms with van der Waals surface area (Å²) in [4.78, 5) is 22.4. The van der Waals surface area contributed by atoms with Crippen LogP contribution in [0.25, 0.3) is 0 Å². The Bertz CT molecular complexity index is 283. The zero-order valence-corrected chi connectivity index (χ0v) is 10.6. The zero-order valence-electron chi connectivity index (χ0n) is 10.6. The molecule has 0 radical (unpaired) electrons. The van der Waals surface area contributed by atoms with Gasteiger partial charge in [-0.25, -0.2) is 9.59 Å². The molecule has 5 heteroatoms. The van der Waals surface area contributed by atoms with Gasteiger partial charge in [-0.2, -0.15) is 0 Å². The molecular weight excluding hydrogens is 224 g/mol. The highest BCUT2D eigenvalue weighted by Crippen LogP contribution is 2.13. The van der Waals surface area contributed by atoms with Gasteiger partial charge in [-0.15, -0.1) is 0 Å². The predicted molar refractivity (Wildman–Crippen MR) is 62.3 cm³/mol. The summed E-state index contributed by atoms with van der Waals surface area (Å²) >= 11 is 0. The van der Waals surface area contributed by atoms with Gasteiger partial charge in [0.05, 0.1) is 25.9 Å². The van der Waals surface area contributed by atoms with Gasteiger partial charge < -0.3 is 14.6 Å². The van der Waals surface area contributed by atoms with Gasteiger partial charge in [-0.05, 0) is 6.42 Å². The summed E-state index contributed by atoms with van der Waals surface area (Å²) in [6.07, 6.45) is 3.17. The lowest BCUT2D eigenvalue weighted by atomic mass is 10.0. The van der Waals surface area contributed by atoms with Crippen molar-refractivity contribution in [2.45, 2.75) is 38.7 Å². The summed E-state index contributed by atoms with van der Waals surface area (Å²) in [6.45, 7) is 2.04. The van der Waals surface area contributed by atoms with Gasteiger partial charge >= 0.3 is 11.9 Å². The summed E-state index contributed by atoms with van der Waals surface area (Å²) in [5, 5.41) is 9.80. The molecule has 0 aliphatic heterocycles. The second kappa shape index (κ2) is 8.75. The molecule has 1 unspecified atom stereocenters. The highest BCUT2D eigenvalue weighted by molar-refractivity contribution is 5.97. The fourth-order valence-electron chi connectivity index (χ4n) is 1.34. The Hall–Kier alpha value is -1.36. The van der Waals surface area contributed by atoms with Gasteiger partial charge in [0.25, 0.3) is 0 Å².